The number of fused-ring (bicyclic) bond motifs is 1. The third kappa shape index (κ3) is 4.88. The molecule has 3 N–H and O–H groups in total. The molecule has 1 fully saturated rings. The van der Waals surface area contributed by atoms with Gasteiger partial charge in [-0.1, -0.05) is 51.1 Å². The van der Waals surface area contributed by atoms with Crippen LogP contribution < -0.4 is 5.32 Å². The number of carbonyl (C=O) groups excluding carboxylic acids is 1. The second-order valence-corrected chi connectivity index (χ2v) is 10.2. The van der Waals surface area contributed by atoms with E-state index in [-0.39, 0.29) is 17.1 Å². The number of rotatable bonds is 4. The third-order valence-corrected chi connectivity index (χ3v) is 6.57. The number of amides is 1. The van der Waals surface area contributed by atoms with Gasteiger partial charge in [-0.3, -0.25) is 9.89 Å². The van der Waals surface area contributed by atoms with E-state index in [4.69, 9.17) is 4.98 Å². The Morgan fingerprint density at radius 3 is 2.36 bits per heavy atom. The topological polar surface area (TPSA) is 94.1 Å². The molecule has 0 atom stereocenters. The minimum Gasteiger partial charge on any atom is -0.508 e. The van der Waals surface area contributed by atoms with E-state index in [0.717, 1.165) is 24.2 Å². The minimum absolute atomic E-state index is 0.0329. The third-order valence-electron chi connectivity index (χ3n) is 6.57. The second-order valence-electron chi connectivity index (χ2n) is 10.2. The molecule has 2 aromatic carbocycles. The maximum absolute atomic E-state index is 13.7. The van der Waals surface area contributed by atoms with Gasteiger partial charge in [-0.05, 0) is 52.9 Å². The molecular formula is C29H31N5O2. The van der Waals surface area contributed by atoms with Gasteiger partial charge in [0.1, 0.15) is 5.75 Å². The molecule has 4 aromatic rings. The van der Waals surface area contributed by atoms with Gasteiger partial charge in [0.05, 0.1) is 22.3 Å². The lowest BCUT2D eigenvalue weighted by molar-refractivity contribution is 0.0737. The van der Waals surface area contributed by atoms with Crippen molar-refractivity contribution in [3.63, 3.8) is 0 Å². The lowest BCUT2D eigenvalue weighted by atomic mass is 9.87. The summed E-state index contributed by atoms with van der Waals surface area (Å²) < 4.78 is 0. The molecule has 0 unspecified atom stereocenters. The molecule has 0 radical (unpaired) electrons. The Bertz CT molecular complexity index is 1410. The highest BCUT2D eigenvalue weighted by molar-refractivity contribution is 6.09. The van der Waals surface area contributed by atoms with Crippen LogP contribution >= 0.6 is 0 Å². The number of nitrogens with one attached hydrogen (secondary N) is 2. The zero-order chi connectivity index (χ0) is 25.3. The number of carbonyl (C=O) groups is 1. The minimum atomic E-state index is -0.0329. The number of pyridine rings is 1. The lowest BCUT2D eigenvalue weighted by Gasteiger charge is -2.27. The van der Waals surface area contributed by atoms with E-state index in [2.05, 4.69) is 60.6 Å². The predicted molar refractivity (Wildman–Crippen MR) is 144 cm³/mol. The van der Waals surface area contributed by atoms with Gasteiger partial charge < -0.3 is 15.3 Å². The number of aromatic hydroxyl groups is 1. The molecule has 0 bridgehead atoms. The van der Waals surface area contributed by atoms with Gasteiger partial charge >= 0.3 is 0 Å². The summed E-state index contributed by atoms with van der Waals surface area (Å²) in [6.45, 7) is 9.44. The lowest BCUT2D eigenvalue weighted by Crippen LogP contribution is -2.46. The average Bonchev–Trinajstić information content (AvgIpc) is 3.30. The van der Waals surface area contributed by atoms with E-state index in [9.17, 15) is 9.90 Å². The molecule has 36 heavy (non-hydrogen) atoms. The SMILES string of the molecule is CC(C)(C)c1ccc(/C=C/c2n[nH]c3nc(-c4ccc(O)cc4)cc(C(=O)N4CCNCC4)c23)cc1. The molecule has 0 spiro atoms. The normalized spacial score (nSPS) is 14.6. The van der Waals surface area contributed by atoms with Gasteiger partial charge in [-0.25, -0.2) is 4.98 Å². The van der Waals surface area contributed by atoms with E-state index in [1.54, 1.807) is 24.3 Å². The first-order chi connectivity index (χ1) is 17.3. The predicted octanol–water partition coefficient (Wildman–Crippen LogP) is 4.84. The van der Waals surface area contributed by atoms with Crippen molar-refractivity contribution in [1.82, 2.24) is 25.4 Å². The van der Waals surface area contributed by atoms with Crippen LogP contribution in [-0.4, -0.2) is 57.3 Å². The van der Waals surface area contributed by atoms with Crippen molar-refractivity contribution < 1.29 is 9.90 Å². The average molecular weight is 482 g/mol. The molecule has 1 aliphatic heterocycles. The number of benzene rings is 2. The van der Waals surface area contributed by atoms with Gasteiger partial charge in [-0.15, -0.1) is 0 Å². The smallest absolute Gasteiger partial charge is 0.254 e. The Morgan fingerprint density at radius 2 is 1.69 bits per heavy atom. The van der Waals surface area contributed by atoms with Gasteiger partial charge in [0.15, 0.2) is 5.65 Å². The maximum atomic E-state index is 13.7. The van der Waals surface area contributed by atoms with E-state index in [1.165, 1.54) is 5.56 Å². The first-order valence-electron chi connectivity index (χ1n) is 12.3. The maximum Gasteiger partial charge on any atom is 0.254 e. The Balaban J connectivity index is 1.56. The fourth-order valence-corrected chi connectivity index (χ4v) is 4.43. The van der Waals surface area contributed by atoms with Crippen LogP contribution in [-0.2, 0) is 5.41 Å². The van der Waals surface area contributed by atoms with Crippen molar-refractivity contribution in [2.24, 2.45) is 0 Å². The summed E-state index contributed by atoms with van der Waals surface area (Å²) >= 11 is 0. The zero-order valence-corrected chi connectivity index (χ0v) is 20.9. The van der Waals surface area contributed by atoms with E-state index in [0.29, 0.717) is 41.1 Å². The van der Waals surface area contributed by atoms with Gasteiger partial charge in [-0.2, -0.15) is 5.10 Å². The number of hydrogen-bond donors (Lipinski definition) is 3. The van der Waals surface area contributed by atoms with Crippen molar-refractivity contribution in [3.05, 3.63) is 77.0 Å². The first kappa shape index (κ1) is 23.8. The molecule has 7 nitrogen and oxygen atoms in total. The van der Waals surface area contributed by atoms with Crippen molar-refractivity contribution in [2.75, 3.05) is 26.2 Å². The molecule has 1 aliphatic rings. The standard InChI is InChI=1S/C29H31N5O2/c1-29(2,3)21-9-4-19(5-10-21)6-13-24-26-23(28(36)34-16-14-30-15-17-34)18-25(31-27(26)33-32-24)20-7-11-22(35)12-8-20/h4-13,18,30,35H,14-17H2,1-3H3,(H,31,32,33)/b13-6+. The molecule has 1 saturated heterocycles. The number of aromatic amines is 1. The molecule has 0 aliphatic carbocycles. The fraction of sp³-hybridized carbons (Fsp3) is 0.276. The molecule has 1 amide bonds. The monoisotopic (exact) mass is 481 g/mol. The zero-order valence-electron chi connectivity index (χ0n) is 20.9. The Morgan fingerprint density at radius 1 is 1.00 bits per heavy atom. The van der Waals surface area contributed by atoms with E-state index < -0.39 is 0 Å². The number of hydrogen-bond acceptors (Lipinski definition) is 5. The van der Waals surface area contributed by atoms with Crippen LogP contribution in [0.15, 0.2) is 54.6 Å². The molecule has 3 heterocycles. The summed E-state index contributed by atoms with van der Waals surface area (Å²) in [5.41, 5.74) is 5.70. The van der Waals surface area contributed by atoms with Crippen LogP contribution in [0.3, 0.4) is 0 Å². The Labute approximate surface area is 210 Å². The number of phenols is 1. The highest BCUT2D eigenvalue weighted by Gasteiger charge is 2.24. The van der Waals surface area contributed by atoms with Crippen molar-refractivity contribution in [2.45, 2.75) is 26.2 Å². The van der Waals surface area contributed by atoms with Crippen LogP contribution in [0.25, 0.3) is 34.4 Å². The van der Waals surface area contributed by atoms with Crippen molar-refractivity contribution in [1.29, 1.82) is 0 Å². The second kappa shape index (κ2) is 9.59. The number of aromatic nitrogens is 3. The quantitative estimate of drug-likeness (QED) is 0.388. The van der Waals surface area contributed by atoms with Crippen LogP contribution in [0.2, 0.25) is 0 Å². The molecule has 7 heteroatoms. The van der Waals surface area contributed by atoms with Gasteiger partial charge in [0.25, 0.3) is 5.91 Å². The van der Waals surface area contributed by atoms with E-state index in [1.807, 2.05) is 23.1 Å². The molecule has 5 rings (SSSR count). The Hall–Kier alpha value is -3.97. The van der Waals surface area contributed by atoms with Gasteiger partial charge in [0.2, 0.25) is 0 Å². The highest BCUT2D eigenvalue weighted by Crippen LogP contribution is 2.29. The molecule has 2 aromatic heterocycles. The van der Waals surface area contributed by atoms with Crippen molar-refractivity contribution in [3.8, 4) is 17.0 Å². The number of H-pyrrole nitrogens is 1. The van der Waals surface area contributed by atoms with Crippen LogP contribution in [0.1, 0.15) is 48.0 Å². The fourth-order valence-electron chi connectivity index (χ4n) is 4.43. The number of nitrogens with zero attached hydrogens (tertiary/aromatic N) is 3. The largest absolute Gasteiger partial charge is 0.508 e. The molecule has 0 saturated carbocycles. The summed E-state index contributed by atoms with van der Waals surface area (Å²) in [5.74, 6) is 0.149. The van der Waals surface area contributed by atoms with Crippen LogP contribution in [0.5, 0.6) is 5.75 Å². The molecular weight excluding hydrogens is 450 g/mol. The number of piperazine rings is 1. The van der Waals surface area contributed by atoms with Crippen molar-refractivity contribution >= 4 is 29.1 Å². The summed E-state index contributed by atoms with van der Waals surface area (Å²) in [5, 5.41) is 21.2. The summed E-state index contributed by atoms with van der Waals surface area (Å²) in [6, 6.07) is 17.1. The van der Waals surface area contributed by atoms with Gasteiger partial charge in [0, 0.05) is 31.7 Å². The Kier molecular flexibility index (Phi) is 6.33. The summed E-state index contributed by atoms with van der Waals surface area (Å²) in [6.07, 6.45) is 3.94. The summed E-state index contributed by atoms with van der Waals surface area (Å²) in [7, 11) is 0. The first-order valence-corrected chi connectivity index (χ1v) is 12.3. The van der Waals surface area contributed by atoms with Crippen LogP contribution in [0, 0.1) is 0 Å². The van der Waals surface area contributed by atoms with E-state index >= 15 is 0 Å². The van der Waals surface area contributed by atoms with Crippen LogP contribution in [0.4, 0.5) is 0 Å². The number of phenolic OH excluding ortho intramolecular Hbond substituents is 1. The highest BCUT2D eigenvalue weighted by atomic mass is 16.3. The summed E-state index contributed by atoms with van der Waals surface area (Å²) in [4.78, 5) is 20.3. The molecule has 184 valence electrons.